The number of nitrogens with zero attached hydrogens (tertiary/aromatic N) is 2. The molecule has 0 aliphatic carbocycles. The molecule has 2 N–H and O–H groups in total. The molecule has 0 atom stereocenters. The molecule has 0 saturated heterocycles. The van der Waals surface area contributed by atoms with Crippen LogP contribution in [0.5, 0.6) is 0 Å². The van der Waals surface area contributed by atoms with Gasteiger partial charge in [-0.1, -0.05) is 6.07 Å². The predicted molar refractivity (Wildman–Crippen MR) is 61.8 cm³/mol. The average molecular weight is 301 g/mol. The van der Waals surface area contributed by atoms with E-state index in [1.807, 2.05) is 0 Å². The zero-order valence-electron chi connectivity index (χ0n) is 10.0. The molecular weight excluding hydrogens is 291 g/mol. The van der Waals surface area contributed by atoms with Gasteiger partial charge in [0.15, 0.2) is 12.4 Å². The van der Waals surface area contributed by atoms with Crippen molar-refractivity contribution in [1.82, 2.24) is 14.9 Å². The van der Waals surface area contributed by atoms with Gasteiger partial charge < -0.3 is 12.4 Å². The van der Waals surface area contributed by atoms with Gasteiger partial charge in [0.05, 0.1) is 6.20 Å². The quantitative estimate of drug-likeness (QED) is 0.557. The molecule has 0 bridgehead atoms. The molecule has 106 valence electrons. The Hall–Kier alpha value is -2.48. The highest BCUT2D eigenvalue weighted by atomic mass is 35.5. The fourth-order valence-electron chi connectivity index (χ4n) is 1.38. The van der Waals surface area contributed by atoms with Crippen molar-refractivity contribution < 1.29 is 26.2 Å². The third kappa shape index (κ3) is 3.51. The first-order chi connectivity index (χ1) is 9.08. The Morgan fingerprint density at radius 3 is 2.60 bits per heavy atom. The van der Waals surface area contributed by atoms with Crippen LogP contribution in [0.4, 0.5) is 9.18 Å². The Morgan fingerprint density at radius 1 is 1.30 bits per heavy atom. The van der Waals surface area contributed by atoms with Gasteiger partial charge in [-0.05, 0) is 0 Å². The number of hydrogen-bond acceptors (Lipinski definition) is 3. The van der Waals surface area contributed by atoms with Gasteiger partial charge in [0.25, 0.3) is 5.56 Å². The van der Waals surface area contributed by atoms with Gasteiger partial charge in [-0.25, -0.2) is 14.2 Å². The van der Waals surface area contributed by atoms with E-state index in [0.29, 0.717) is 10.8 Å². The number of H-pyrrole nitrogens is 1. The van der Waals surface area contributed by atoms with Crippen molar-refractivity contribution in [3.63, 3.8) is 0 Å². The summed E-state index contributed by atoms with van der Waals surface area (Å²) in [6, 6.07) is 4.49. The first-order valence-electron chi connectivity index (χ1n) is 5.31. The second kappa shape index (κ2) is 6.62. The smallest absolute Gasteiger partial charge is 0.336 e. The van der Waals surface area contributed by atoms with Crippen LogP contribution in [-0.2, 0) is 6.67 Å². The summed E-state index contributed by atoms with van der Waals surface area (Å²) in [6.07, 6.45) is 3.96. The average Bonchev–Trinajstić information content (AvgIpc) is 2.41. The largest absolute Gasteiger partial charge is 1.00 e. The van der Waals surface area contributed by atoms with Crippen LogP contribution in [0, 0.1) is 5.82 Å². The van der Waals surface area contributed by atoms with Crippen molar-refractivity contribution in [3.05, 3.63) is 63.4 Å². The van der Waals surface area contributed by atoms with Crippen molar-refractivity contribution in [3.8, 4) is 0 Å². The molecule has 0 aromatic carbocycles. The first kappa shape index (κ1) is 15.6. The first-order valence-corrected chi connectivity index (χ1v) is 5.31. The number of amides is 1. The highest BCUT2D eigenvalue weighted by Gasteiger charge is 2.11. The van der Waals surface area contributed by atoms with Crippen molar-refractivity contribution in [2.75, 3.05) is 0 Å². The molecule has 0 fully saturated rings. The van der Waals surface area contributed by atoms with Crippen LogP contribution in [-0.4, -0.2) is 15.6 Å². The van der Waals surface area contributed by atoms with Crippen LogP contribution >= 0.6 is 0 Å². The molecule has 20 heavy (non-hydrogen) atoms. The van der Waals surface area contributed by atoms with Gasteiger partial charge in [-0.2, -0.15) is 8.96 Å². The Kier molecular flexibility index (Phi) is 5.15. The maximum Gasteiger partial charge on any atom is 0.336 e. The van der Waals surface area contributed by atoms with Crippen LogP contribution in [0.25, 0.3) is 0 Å². The van der Waals surface area contributed by atoms with Crippen molar-refractivity contribution in [2.45, 2.75) is 6.67 Å². The lowest BCUT2D eigenvalue weighted by atomic mass is 10.5. The topological polar surface area (TPSA) is 87.8 Å². The van der Waals surface area contributed by atoms with Crippen LogP contribution in [0.2, 0.25) is 0 Å². The fourth-order valence-corrected chi connectivity index (χ4v) is 1.38. The number of halogens is 2. The predicted octanol–water partition coefficient (Wildman–Crippen LogP) is -3.82. The molecule has 1 amide bonds. The number of aromatic amines is 1. The van der Waals surface area contributed by atoms with Crippen LogP contribution in [0.1, 0.15) is 0 Å². The summed E-state index contributed by atoms with van der Waals surface area (Å²) in [5, 5.41) is 2.40. The highest BCUT2D eigenvalue weighted by Crippen LogP contribution is 1.84. The lowest BCUT2D eigenvalue weighted by Crippen LogP contribution is -3.00. The summed E-state index contributed by atoms with van der Waals surface area (Å²) >= 11 is 0. The number of nitrogens with one attached hydrogen (secondary N) is 2. The standard InChI is InChI=1S/C11H9FN4O3.ClH/c12-8-6-16(11(19)14-9(8)17)10(18)13-7-15-4-2-1-3-5-15;/h1-6H,7H2,(H-,13,14,17,18,19);1H. The van der Waals surface area contributed by atoms with Crippen LogP contribution < -0.4 is 33.5 Å². The normalized spacial score (nSPS) is 9.65. The number of pyridine rings is 1. The number of hydrogen-bond donors (Lipinski definition) is 2. The molecule has 7 nitrogen and oxygen atoms in total. The lowest BCUT2D eigenvalue weighted by molar-refractivity contribution is -0.699. The van der Waals surface area contributed by atoms with Crippen molar-refractivity contribution in [2.24, 2.45) is 0 Å². The number of aromatic nitrogens is 3. The Labute approximate surface area is 118 Å². The molecule has 2 aromatic heterocycles. The highest BCUT2D eigenvalue weighted by molar-refractivity contribution is 5.75. The van der Waals surface area contributed by atoms with E-state index in [9.17, 15) is 18.8 Å². The molecule has 2 heterocycles. The molecule has 0 spiro atoms. The molecule has 0 aliphatic heterocycles. The van der Waals surface area contributed by atoms with Gasteiger partial charge in [-0.15, -0.1) is 0 Å². The van der Waals surface area contributed by atoms with E-state index in [2.05, 4.69) is 5.32 Å². The summed E-state index contributed by atoms with van der Waals surface area (Å²) in [5.41, 5.74) is -2.16. The van der Waals surface area contributed by atoms with Crippen molar-refractivity contribution in [1.29, 1.82) is 0 Å². The summed E-state index contributed by atoms with van der Waals surface area (Å²) in [7, 11) is 0. The van der Waals surface area contributed by atoms with Gasteiger partial charge in [0, 0.05) is 12.1 Å². The molecule has 0 radical (unpaired) electrons. The monoisotopic (exact) mass is 300 g/mol. The van der Waals surface area contributed by atoms with Gasteiger partial charge in [0.1, 0.15) is 0 Å². The summed E-state index contributed by atoms with van der Waals surface area (Å²) in [5.74, 6) is -1.21. The minimum Gasteiger partial charge on any atom is -1.00 e. The fraction of sp³-hybridized carbons (Fsp3) is 0.0909. The Morgan fingerprint density at radius 2 is 1.95 bits per heavy atom. The van der Waals surface area contributed by atoms with E-state index >= 15 is 0 Å². The van der Waals surface area contributed by atoms with Crippen molar-refractivity contribution >= 4 is 6.03 Å². The SMILES string of the molecule is O=C(NC[n+]1ccccc1)n1cc(F)c(=O)[nH]c1=O.[Cl-]. The number of carbonyl (C=O) groups excluding carboxylic acids is 1. The van der Waals surface area contributed by atoms with Crippen LogP contribution in [0.3, 0.4) is 0 Å². The second-order valence-corrected chi connectivity index (χ2v) is 3.64. The van der Waals surface area contributed by atoms with E-state index in [4.69, 9.17) is 0 Å². The molecule has 2 aromatic rings. The molecule has 0 unspecified atom stereocenters. The van der Waals surface area contributed by atoms with Crippen LogP contribution in [0.15, 0.2) is 46.4 Å². The zero-order valence-corrected chi connectivity index (χ0v) is 10.8. The maximum atomic E-state index is 13.0. The number of carbonyl (C=O) groups is 1. The maximum absolute atomic E-state index is 13.0. The van der Waals surface area contributed by atoms with E-state index < -0.39 is 23.1 Å². The minimum atomic E-state index is -1.21. The second-order valence-electron chi connectivity index (χ2n) is 3.64. The van der Waals surface area contributed by atoms with E-state index in [-0.39, 0.29) is 19.1 Å². The third-order valence-electron chi connectivity index (χ3n) is 2.31. The Bertz CT molecular complexity index is 714. The lowest BCUT2D eigenvalue weighted by Gasteiger charge is -2.03. The van der Waals surface area contributed by atoms with E-state index in [1.54, 1.807) is 40.1 Å². The van der Waals surface area contributed by atoms with Gasteiger partial charge in [-0.3, -0.25) is 15.1 Å². The van der Waals surface area contributed by atoms with E-state index in [1.165, 1.54) is 0 Å². The number of rotatable bonds is 2. The summed E-state index contributed by atoms with van der Waals surface area (Å²) in [6.45, 7) is 0.104. The minimum absolute atomic E-state index is 0. The van der Waals surface area contributed by atoms with Gasteiger partial charge >= 0.3 is 11.7 Å². The molecular formula is C11H10ClFN4O3. The molecule has 2 rings (SSSR count). The van der Waals surface area contributed by atoms with Gasteiger partial charge in [0.2, 0.25) is 12.5 Å². The summed E-state index contributed by atoms with van der Waals surface area (Å²) in [4.78, 5) is 35.5. The third-order valence-corrected chi connectivity index (χ3v) is 2.31. The van der Waals surface area contributed by atoms with E-state index in [0.717, 1.165) is 0 Å². The summed E-state index contributed by atoms with van der Waals surface area (Å²) < 4.78 is 15.1. The zero-order chi connectivity index (χ0) is 13.8. The Balaban J connectivity index is 0.00000200. The molecule has 0 aliphatic rings. The molecule has 9 heteroatoms. The molecule has 0 saturated carbocycles.